The molecule has 0 radical (unpaired) electrons. The average molecular weight is 288 g/mol. The van der Waals surface area contributed by atoms with Crippen LogP contribution in [-0.4, -0.2) is 10.2 Å². The highest BCUT2D eigenvalue weighted by Gasteiger charge is 2.23. The van der Waals surface area contributed by atoms with Crippen LogP contribution in [0, 0.1) is 5.82 Å². The van der Waals surface area contributed by atoms with E-state index < -0.39 is 0 Å². The van der Waals surface area contributed by atoms with Crippen LogP contribution in [0.3, 0.4) is 0 Å². The summed E-state index contributed by atoms with van der Waals surface area (Å²) in [7, 11) is 0. The molecule has 0 spiro atoms. The van der Waals surface area contributed by atoms with Gasteiger partial charge in [0.25, 0.3) is 0 Å². The molecule has 0 amide bonds. The van der Waals surface area contributed by atoms with Crippen LogP contribution in [-0.2, 0) is 0 Å². The number of aromatic amines is 1. The lowest BCUT2D eigenvalue weighted by Crippen LogP contribution is -2.03. The average Bonchev–Trinajstić information content (AvgIpc) is 2.90. The van der Waals surface area contributed by atoms with Gasteiger partial charge in [-0.15, -0.1) is 0 Å². The highest BCUT2D eigenvalue weighted by molar-refractivity contribution is 5.65. The van der Waals surface area contributed by atoms with Crippen molar-refractivity contribution in [1.82, 2.24) is 10.2 Å². The van der Waals surface area contributed by atoms with Gasteiger partial charge in [-0.3, -0.25) is 5.10 Å². The minimum absolute atomic E-state index is 0.208. The Morgan fingerprint density at radius 1 is 1.14 bits per heavy atom. The molecule has 0 fully saturated rings. The van der Waals surface area contributed by atoms with Gasteiger partial charge >= 0.3 is 0 Å². The first-order valence-corrected chi connectivity index (χ1v) is 7.92. The van der Waals surface area contributed by atoms with E-state index in [2.05, 4.69) is 37.9 Å². The summed E-state index contributed by atoms with van der Waals surface area (Å²) >= 11 is 0. The topological polar surface area (TPSA) is 28.7 Å². The maximum Gasteiger partial charge on any atom is 0.123 e. The number of H-pyrrole nitrogens is 1. The van der Waals surface area contributed by atoms with Crippen molar-refractivity contribution >= 4 is 0 Å². The van der Waals surface area contributed by atoms with Gasteiger partial charge in [0.1, 0.15) is 5.82 Å². The predicted molar refractivity (Wildman–Crippen MR) is 86.0 cm³/mol. The lowest BCUT2D eigenvalue weighted by Gasteiger charge is -2.18. The second-order valence-corrected chi connectivity index (χ2v) is 5.96. The van der Waals surface area contributed by atoms with Gasteiger partial charge in [-0.2, -0.15) is 5.10 Å². The number of nitrogens with one attached hydrogen (secondary N) is 1. The molecule has 1 unspecified atom stereocenters. The minimum Gasteiger partial charge on any atom is -0.281 e. The molecule has 114 valence electrons. The summed E-state index contributed by atoms with van der Waals surface area (Å²) in [5.41, 5.74) is 4.51. The normalized spacial score (nSPS) is 12.9. The third-order valence-corrected chi connectivity index (χ3v) is 4.07. The highest BCUT2D eigenvalue weighted by atomic mass is 19.1. The zero-order valence-electron chi connectivity index (χ0n) is 13.4. The molecule has 1 aromatic carbocycles. The van der Waals surface area contributed by atoms with Crippen molar-refractivity contribution in [1.29, 1.82) is 0 Å². The largest absolute Gasteiger partial charge is 0.281 e. The third-order valence-electron chi connectivity index (χ3n) is 4.07. The molecule has 1 heterocycles. The van der Waals surface area contributed by atoms with Crippen LogP contribution < -0.4 is 0 Å². The Balaban J connectivity index is 2.53. The molecule has 2 rings (SSSR count). The van der Waals surface area contributed by atoms with Crippen LogP contribution in [0.25, 0.3) is 11.3 Å². The van der Waals surface area contributed by atoms with Gasteiger partial charge in [-0.05, 0) is 48.9 Å². The van der Waals surface area contributed by atoms with E-state index in [1.54, 1.807) is 0 Å². The summed E-state index contributed by atoms with van der Waals surface area (Å²) in [6.07, 6.45) is 3.41. The Bertz CT molecular complexity index is 569. The lowest BCUT2D eigenvalue weighted by molar-refractivity contribution is 0.587. The van der Waals surface area contributed by atoms with E-state index >= 15 is 0 Å². The molecule has 2 aromatic rings. The first-order valence-electron chi connectivity index (χ1n) is 7.92. The monoisotopic (exact) mass is 288 g/mol. The number of halogens is 1. The van der Waals surface area contributed by atoms with Crippen LogP contribution in [0.15, 0.2) is 24.3 Å². The van der Waals surface area contributed by atoms with Crippen molar-refractivity contribution in [3.05, 3.63) is 41.3 Å². The zero-order valence-corrected chi connectivity index (χ0v) is 13.4. The van der Waals surface area contributed by atoms with Crippen molar-refractivity contribution in [2.24, 2.45) is 0 Å². The van der Waals surface area contributed by atoms with E-state index in [0.29, 0.717) is 11.8 Å². The van der Waals surface area contributed by atoms with Crippen molar-refractivity contribution in [2.45, 2.75) is 58.8 Å². The van der Waals surface area contributed by atoms with E-state index in [0.717, 1.165) is 30.5 Å². The second-order valence-electron chi connectivity index (χ2n) is 5.96. The molecule has 0 saturated carbocycles. The number of hydrogen-bond acceptors (Lipinski definition) is 1. The van der Waals surface area contributed by atoms with Crippen molar-refractivity contribution < 1.29 is 4.39 Å². The van der Waals surface area contributed by atoms with Crippen LogP contribution in [0.4, 0.5) is 4.39 Å². The molecule has 0 saturated heterocycles. The molecular weight excluding hydrogens is 263 g/mol. The number of hydrogen-bond donors (Lipinski definition) is 1. The summed E-state index contributed by atoms with van der Waals surface area (Å²) in [6.45, 7) is 8.81. The summed E-state index contributed by atoms with van der Waals surface area (Å²) < 4.78 is 13.2. The zero-order chi connectivity index (χ0) is 15.4. The Morgan fingerprint density at radius 2 is 1.81 bits per heavy atom. The molecule has 21 heavy (non-hydrogen) atoms. The van der Waals surface area contributed by atoms with Gasteiger partial charge < -0.3 is 0 Å². The Hall–Kier alpha value is -1.64. The summed E-state index contributed by atoms with van der Waals surface area (Å²) in [6, 6.07) is 6.64. The molecule has 0 aliphatic carbocycles. The minimum atomic E-state index is -0.208. The molecule has 0 aliphatic heterocycles. The predicted octanol–water partition coefficient (Wildman–Crippen LogP) is 5.63. The van der Waals surface area contributed by atoms with E-state index in [-0.39, 0.29) is 5.82 Å². The van der Waals surface area contributed by atoms with Crippen LogP contribution in [0.2, 0.25) is 0 Å². The smallest absolute Gasteiger partial charge is 0.123 e. The molecule has 0 aliphatic rings. The Morgan fingerprint density at radius 3 is 2.33 bits per heavy atom. The molecular formula is C18H25FN2. The van der Waals surface area contributed by atoms with E-state index in [1.165, 1.54) is 23.4 Å². The highest BCUT2D eigenvalue weighted by Crippen LogP contribution is 2.37. The van der Waals surface area contributed by atoms with Gasteiger partial charge in [0.05, 0.1) is 5.69 Å². The quantitative estimate of drug-likeness (QED) is 0.733. The van der Waals surface area contributed by atoms with E-state index in [9.17, 15) is 4.39 Å². The first kappa shape index (κ1) is 15.7. The van der Waals surface area contributed by atoms with Gasteiger partial charge in [0.15, 0.2) is 0 Å². The number of nitrogens with zero attached hydrogens (tertiary/aromatic N) is 1. The number of benzene rings is 1. The fourth-order valence-corrected chi connectivity index (χ4v) is 2.95. The standard InChI is InChI=1S/C18H25FN2/c1-5-7-13(6-2)16-17(12(3)4)20-21-18(16)14-8-10-15(19)11-9-14/h8-13H,5-7H2,1-4H3,(H,20,21). The molecule has 3 heteroatoms. The lowest BCUT2D eigenvalue weighted by atomic mass is 9.86. The molecule has 1 N–H and O–H groups in total. The molecule has 2 nitrogen and oxygen atoms in total. The molecule has 1 aromatic heterocycles. The van der Waals surface area contributed by atoms with E-state index in [4.69, 9.17) is 0 Å². The van der Waals surface area contributed by atoms with Gasteiger partial charge in [-0.1, -0.05) is 34.1 Å². The first-order chi connectivity index (χ1) is 10.1. The fourth-order valence-electron chi connectivity index (χ4n) is 2.95. The van der Waals surface area contributed by atoms with Crippen LogP contribution >= 0.6 is 0 Å². The SMILES string of the molecule is CCCC(CC)c1c(-c2ccc(F)cc2)n[nH]c1C(C)C. The second kappa shape index (κ2) is 6.88. The van der Waals surface area contributed by atoms with Crippen LogP contribution in [0.1, 0.15) is 70.1 Å². The van der Waals surface area contributed by atoms with E-state index in [1.807, 2.05) is 12.1 Å². The van der Waals surface area contributed by atoms with Crippen molar-refractivity contribution in [2.75, 3.05) is 0 Å². The maximum atomic E-state index is 13.2. The van der Waals surface area contributed by atoms with Gasteiger partial charge in [0.2, 0.25) is 0 Å². The third kappa shape index (κ3) is 3.34. The maximum absolute atomic E-state index is 13.2. The number of rotatable bonds is 6. The van der Waals surface area contributed by atoms with Gasteiger partial charge in [0, 0.05) is 16.8 Å². The molecule has 0 bridgehead atoms. The Labute approximate surface area is 126 Å². The van der Waals surface area contributed by atoms with Crippen molar-refractivity contribution in [3.8, 4) is 11.3 Å². The number of aromatic nitrogens is 2. The Kier molecular flexibility index (Phi) is 5.16. The molecule has 1 atom stereocenters. The summed E-state index contributed by atoms with van der Waals surface area (Å²) in [5, 5.41) is 7.76. The summed E-state index contributed by atoms with van der Waals surface area (Å²) in [5.74, 6) is 0.708. The fraction of sp³-hybridized carbons (Fsp3) is 0.500. The van der Waals surface area contributed by atoms with Gasteiger partial charge in [-0.25, -0.2) is 4.39 Å². The van der Waals surface area contributed by atoms with Crippen molar-refractivity contribution in [3.63, 3.8) is 0 Å². The van der Waals surface area contributed by atoms with Crippen LogP contribution in [0.5, 0.6) is 0 Å². The summed E-state index contributed by atoms with van der Waals surface area (Å²) in [4.78, 5) is 0.